The van der Waals surface area contributed by atoms with E-state index in [-0.39, 0.29) is 24.1 Å². The van der Waals surface area contributed by atoms with Crippen LogP contribution >= 0.6 is 0 Å². The van der Waals surface area contributed by atoms with Crippen LogP contribution in [0.15, 0.2) is 54.6 Å². The minimum Gasteiger partial charge on any atom is -0.367 e. The summed E-state index contributed by atoms with van der Waals surface area (Å²) in [5.41, 5.74) is 0.681. The Balaban J connectivity index is 1.41. The number of nitrogens with zero attached hydrogens (tertiary/aromatic N) is 3. The molecule has 2 aliphatic heterocycles. The first kappa shape index (κ1) is 18.6. The zero-order valence-electron chi connectivity index (χ0n) is 16.0. The van der Waals surface area contributed by atoms with Gasteiger partial charge in [0.25, 0.3) is 0 Å². The van der Waals surface area contributed by atoms with E-state index in [1.54, 1.807) is 12.1 Å². The second kappa shape index (κ2) is 7.36. The maximum absolute atomic E-state index is 14.0. The van der Waals surface area contributed by atoms with E-state index in [2.05, 4.69) is 4.90 Å². The summed E-state index contributed by atoms with van der Waals surface area (Å²) in [6.45, 7) is 4.81. The Hall–Kier alpha value is -2.73. The number of rotatable bonds is 4. The van der Waals surface area contributed by atoms with E-state index in [0.29, 0.717) is 38.5 Å². The SMILES string of the molecule is CC1(c2ccccc2)CC(=O)N(CN2CCN(c3ccccc3F)CC2)C1=O. The van der Waals surface area contributed by atoms with Crippen LogP contribution in [0.1, 0.15) is 18.9 Å². The number of benzene rings is 2. The highest BCUT2D eigenvalue weighted by atomic mass is 19.1. The highest BCUT2D eigenvalue weighted by Crippen LogP contribution is 2.36. The van der Waals surface area contributed by atoms with Gasteiger partial charge in [0.2, 0.25) is 11.8 Å². The molecular weight excluding hydrogens is 357 g/mol. The van der Waals surface area contributed by atoms with Crippen molar-refractivity contribution < 1.29 is 14.0 Å². The quantitative estimate of drug-likeness (QED) is 0.764. The molecule has 1 unspecified atom stereocenters. The third-order valence-electron chi connectivity index (χ3n) is 5.84. The molecule has 1 atom stereocenters. The number of imide groups is 1. The zero-order chi connectivity index (χ0) is 19.7. The van der Waals surface area contributed by atoms with Crippen molar-refractivity contribution in [2.75, 3.05) is 37.7 Å². The predicted molar refractivity (Wildman–Crippen MR) is 105 cm³/mol. The molecule has 2 aromatic rings. The summed E-state index contributed by atoms with van der Waals surface area (Å²) in [5.74, 6) is -0.493. The van der Waals surface area contributed by atoms with Crippen LogP contribution in [-0.4, -0.2) is 54.5 Å². The first-order chi connectivity index (χ1) is 13.5. The van der Waals surface area contributed by atoms with Crippen molar-refractivity contribution in [3.8, 4) is 0 Å². The Morgan fingerprint density at radius 1 is 0.929 bits per heavy atom. The number of likely N-dealkylation sites (tertiary alicyclic amines) is 1. The maximum Gasteiger partial charge on any atom is 0.241 e. The molecule has 0 spiro atoms. The average Bonchev–Trinajstić information content (AvgIpc) is 2.94. The largest absolute Gasteiger partial charge is 0.367 e. The smallest absolute Gasteiger partial charge is 0.241 e. The number of carbonyl (C=O) groups excluding carboxylic acids is 2. The van der Waals surface area contributed by atoms with Crippen molar-refractivity contribution in [3.05, 3.63) is 66.0 Å². The van der Waals surface area contributed by atoms with Crippen molar-refractivity contribution in [1.82, 2.24) is 9.80 Å². The van der Waals surface area contributed by atoms with Crippen LogP contribution in [0.4, 0.5) is 10.1 Å². The predicted octanol–water partition coefficient (Wildman–Crippen LogP) is 2.62. The van der Waals surface area contributed by atoms with Crippen LogP contribution in [0.25, 0.3) is 0 Å². The van der Waals surface area contributed by atoms with Gasteiger partial charge in [-0.1, -0.05) is 42.5 Å². The third kappa shape index (κ3) is 3.29. The number of amides is 2. The number of halogens is 1. The fourth-order valence-corrected chi connectivity index (χ4v) is 4.10. The molecule has 2 aliphatic rings. The summed E-state index contributed by atoms with van der Waals surface area (Å²) < 4.78 is 14.0. The first-order valence-corrected chi connectivity index (χ1v) is 9.61. The van der Waals surface area contributed by atoms with Crippen LogP contribution < -0.4 is 4.90 Å². The Kier molecular flexibility index (Phi) is 4.89. The molecular formula is C22H24FN3O2. The van der Waals surface area contributed by atoms with E-state index < -0.39 is 5.41 Å². The molecule has 2 saturated heterocycles. The van der Waals surface area contributed by atoms with Gasteiger partial charge in [-0.05, 0) is 24.6 Å². The topological polar surface area (TPSA) is 43.9 Å². The van der Waals surface area contributed by atoms with Crippen molar-refractivity contribution in [1.29, 1.82) is 0 Å². The van der Waals surface area contributed by atoms with E-state index in [4.69, 9.17) is 0 Å². The molecule has 2 heterocycles. The molecule has 2 aromatic carbocycles. The van der Waals surface area contributed by atoms with E-state index in [0.717, 1.165) is 5.56 Å². The number of anilines is 1. The van der Waals surface area contributed by atoms with Gasteiger partial charge in [-0.3, -0.25) is 19.4 Å². The summed E-state index contributed by atoms with van der Waals surface area (Å²) in [5, 5.41) is 0. The van der Waals surface area contributed by atoms with Gasteiger partial charge in [0.1, 0.15) is 5.82 Å². The molecule has 0 radical (unpaired) electrons. The zero-order valence-corrected chi connectivity index (χ0v) is 16.0. The second-order valence-corrected chi connectivity index (χ2v) is 7.70. The molecule has 0 saturated carbocycles. The number of hydrogen-bond donors (Lipinski definition) is 0. The van der Waals surface area contributed by atoms with Gasteiger partial charge in [-0.25, -0.2) is 4.39 Å². The van der Waals surface area contributed by atoms with Gasteiger partial charge in [-0.15, -0.1) is 0 Å². The van der Waals surface area contributed by atoms with Crippen LogP contribution in [0.2, 0.25) is 0 Å². The Morgan fingerprint density at radius 2 is 1.57 bits per heavy atom. The molecule has 146 valence electrons. The van der Waals surface area contributed by atoms with Crippen LogP contribution in [-0.2, 0) is 15.0 Å². The fraction of sp³-hybridized carbons (Fsp3) is 0.364. The average molecular weight is 381 g/mol. The molecule has 0 N–H and O–H groups in total. The lowest BCUT2D eigenvalue weighted by Crippen LogP contribution is -2.52. The van der Waals surface area contributed by atoms with E-state index in [9.17, 15) is 14.0 Å². The van der Waals surface area contributed by atoms with E-state index in [1.165, 1.54) is 11.0 Å². The monoisotopic (exact) mass is 381 g/mol. The summed E-state index contributed by atoms with van der Waals surface area (Å²) in [6, 6.07) is 16.3. The summed E-state index contributed by atoms with van der Waals surface area (Å²) in [7, 11) is 0. The summed E-state index contributed by atoms with van der Waals surface area (Å²) >= 11 is 0. The minimum absolute atomic E-state index is 0.132. The lowest BCUT2D eigenvalue weighted by molar-refractivity contribution is -0.142. The maximum atomic E-state index is 14.0. The molecule has 2 fully saturated rings. The Labute approximate surface area is 164 Å². The highest BCUT2D eigenvalue weighted by molar-refractivity contribution is 6.08. The van der Waals surface area contributed by atoms with Gasteiger partial charge in [0, 0.05) is 32.6 Å². The normalized spacial score (nSPS) is 23.5. The summed E-state index contributed by atoms with van der Waals surface area (Å²) in [4.78, 5) is 31.1. The number of para-hydroxylation sites is 1. The molecule has 0 aliphatic carbocycles. The lowest BCUT2D eigenvalue weighted by Gasteiger charge is -2.37. The number of carbonyl (C=O) groups is 2. The van der Waals surface area contributed by atoms with Gasteiger partial charge < -0.3 is 4.90 Å². The lowest BCUT2D eigenvalue weighted by atomic mass is 9.81. The van der Waals surface area contributed by atoms with Gasteiger partial charge in [0.15, 0.2) is 0 Å². The minimum atomic E-state index is -0.798. The molecule has 2 amide bonds. The Morgan fingerprint density at radius 3 is 2.25 bits per heavy atom. The number of piperazine rings is 1. The molecule has 6 heteroatoms. The molecule has 0 bridgehead atoms. The van der Waals surface area contributed by atoms with E-state index in [1.807, 2.05) is 48.2 Å². The first-order valence-electron chi connectivity index (χ1n) is 9.61. The van der Waals surface area contributed by atoms with Crippen molar-refractivity contribution >= 4 is 17.5 Å². The van der Waals surface area contributed by atoms with E-state index >= 15 is 0 Å². The van der Waals surface area contributed by atoms with Crippen molar-refractivity contribution in [2.24, 2.45) is 0 Å². The van der Waals surface area contributed by atoms with Crippen LogP contribution in [0.5, 0.6) is 0 Å². The third-order valence-corrected chi connectivity index (χ3v) is 5.84. The molecule has 0 aromatic heterocycles. The second-order valence-electron chi connectivity index (χ2n) is 7.70. The van der Waals surface area contributed by atoms with Crippen molar-refractivity contribution in [3.63, 3.8) is 0 Å². The fourth-order valence-electron chi connectivity index (χ4n) is 4.10. The van der Waals surface area contributed by atoms with Crippen molar-refractivity contribution in [2.45, 2.75) is 18.8 Å². The Bertz CT molecular complexity index is 880. The molecule has 4 rings (SSSR count). The van der Waals surface area contributed by atoms with Gasteiger partial charge in [0.05, 0.1) is 17.8 Å². The highest BCUT2D eigenvalue weighted by Gasteiger charge is 2.49. The number of hydrogen-bond acceptors (Lipinski definition) is 4. The summed E-state index contributed by atoms with van der Waals surface area (Å²) in [6.07, 6.45) is 0.199. The van der Waals surface area contributed by atoms with Crippen LogP contribution in [0, 0.1) is 5.82 Å². The van der Waals surface area contributed by atoms with Crippen LogP contribution in [0.3, 0.4) is 0 Å². The van der Waals surface area contributed by atoms with Gasteiger partial charge in [-0.2, -0.15) is 0 Å². The molecule has 28 heavy (non-hydrogen) atoms. The standard InChI is InChI=1S/C22H24FN3O2/c1-22(17-7-3-2-4-8-17)15-20(27)26(21(22)28)16-24-11-13-25(14-12-24)19-10-6-5-9-18(19)23/h2-10H,11-16H2,1H3. The molecule has 5 nitrogen and oxygen atoms in total. The van der Waals surface area contributed by atoms with Gasteiger partial charge >= 0.3 is 0 Å².